The van der Waals surface area contributed by atoms with Crippen LogP contribution in [0.2, 0.25) is 0 Å². The lowest BCUT2D eigenvalue weighted by atomic mass is 9.82. The van der Waals surface area contributed by atoms with E-state index in [-0.39, 0.29) is 5.57 Å². The zero-order valence-corrected chi connectivity index (χ0v) is 17.4. The van der Waals surface area contributed by atoms with Gasteiger partial charge >= 0.3 is 35.8 Å². The number of hydrogen-bond donors (Lipinski definition) is 1. The fraction of sp³-hybridized carbons (Fsp3) is 0.611. The molecule has 1 rings (SSSR count). The number of rotatable bonds is 6. The third-order valence-electron chi connectivity index (χ3n) is 3.91. The van der Waals surface area contributed by atoms with Gasteiger partial charge in [0.1, 0.15) is 6.10 Å². The minimum Gasteiger partial charge on any atom is -0.466 e. The molecule has 0 aromatic carbocycles. The highest BCUT2D eigenvalue weighted by Crippen LogP contribution is 2.43. The van der Waals surface area contributed by atoms with E-state index in [2.05, 4.69) is 11.3 Å². The van der Waals surface area contributed by atoms with Crippen LogP contribution < -0.4 is 0 Å². The molecule has 0 aromatic heterocycles. The van der Waals surface area contributed by atoms with Crippen LogP contribution in [0.3, 0.4) is 0 Å². The second kappa shape index (κ2) is 9.22. The van der Waals surface area contributed by atoms with Gasteiger partial charge in [0.05, 0.1) is 7.11 Å². The molecular formula is C18H24O12. The number of hydrogen-bond acceptors (Lipinski definition) is 12. The summed E-state index contributed by atoms with van der Waals surface area (Å²) >= 11 is 0. The lowest BCUT2D eigenvalue weighted by molar-refractivity contribution is -0.440. The maximum atomic E-state index is 12.9. The van der Waals surface area contributed by atoms with Crippen LogP contribution in [-0.2, 0) is 52.4 Å². The third-order valence-corrected chi connectivity index (χ3v) is 3.91. The molecule has 5 atom stereocenters. The van der Waals surface area contributed by atoms with Gasteiger partial charge in [0, 0.05) is 26.3 Å². The zero-order valence-electron chi connectivity index (χ0n) is 17.4. The van der Waals surface area contributed by atoms with Crippen LogP contribution in [-0.4, -0.2) is 71.9 Å². The summed E-state index contributed by atoms with van der Waals surface area (Å²) in [5.74, 6) is -8.84. The highest BCUT2D eigenvalue weighted by molar-refractivity contribution is 5.88. The Hall–Kier alpha value is -2.99. The second-order valence-corrected chi connectivity index (χ2v) is 6.52. The Bertz CT molecular complexity index is 758. The van der Waals surface area contributed by atoms with Crippen LogP contribution in [0, 0.1) is 0 Å². The first-order chi connectivity index (χ1) is 13.7. The third kappa shape index (κ3) is 4.94. The summed E-state index contributed by atoms with van der Waals surface area (Å²) in [6.45, 7) is 8.61. The smallest absolute Gasteiger partial charge is 0.371 e. The van der Waals surface area contributed by atoms with Gasteiger partial charge in [-0.15, -0.1) is 0 Å². The fourth-order valence-electron chi connectivity index (χ4n) is 2.92. The minimum atomic E-state index is -3.15. The van der Waals surface area contributed by atoms with E-state index in [1.165, 1.54) is 13.8 Å². The quantitative estimate of drug-likeness (QED) is 0.248. The second-order valence-electron chi connectivity index (χ2n) is 6.52. The Balaban J connectivity index is 3.84. The van der Waals surface area contributed by atoms with Crippen molar-refractivity contribution in [1.82, 2.24) is 0 Å². The lowest BCUT2D eigenvalue weighted by Crippen LogP contribution is -2.77. The Morgan fingerprint density at radius 1 is 0.933 bits per heavy atom. The Labute approximate surface area is 172 Å². The highest BCUT2D eigenvalue weighted by atomic mass is 16.9. The van der Waals surface area contributed by atoms with E-state index in [1.807, 2.05) is 0 Å². The summed E-state index contributed by atoms with van der Waals surface area (Å²) in [5.41, 5.74) is -2.97. The summed E-state index contributed by atoms with van der Waals surface area (Å²) in [7, 11) is 0.905. The lowest BCUT2D eigenvalue weighted by Gasteiger charge is -2.51. The van der Waals surface area contributed by atoms with E-state index >= 15 is 0 Å². The van der Waals surface area contributed by atoms with E-state index in [1.54, 1.807) is 0 Å². The zero-order chi connectivity index (χ0) is 23.4. The van der Waals surface area contributed by atoms with Crippen molar-refractivity contribution in [2.24, 2.45) is 0 Å². The summed E-state index contributed by atoms with van der Waals surface area (Å²) in [6, 6.07) is 0. The van der Waals surface area contributed by atoms with Crippen LogP contribution in [0.5, 0.6) is 0 Å². The van der Waals surface area contributed by atoms with Crippen molar-refractivity contribution in [3.63, 3.8) is 0 Å². The van der Waals surface area contributed by atoms with Gasteiger partial charge in [-0.2, -0.15) is 0 Å². The molecule has 0 amide bonds. The fourth-order valence-corrected chi connectivity index (χ4v) is 2.92. The Morgan fingerprint density at radius 3 is 1.87 bits per heavy atom. The molecule has 0 spiro atoms. The van der Waals surface area contributed by atoms with Gasteiger partial charge in [-0.3, -0.25) is 14.4 Å². The average molecular weight is 432 g/mol. The molecule has 0 saturated carbocycles. The molecule has 1 unspecified atom stereocenters. The Morgan fingerprint density at radius 2 is 1.47 bits per heavy atom. The molecule has 12 heteroatoms. The summed E-state index contributed by atoms with van der Waals surface area (Å²) in [4.78, 5) is 60.3. The summed E-state index contributed by atoms with van der Waals surface area (Å²) < 4.78 is 30.1. The van der Waals surface area contributed by atoms with Crippen molar-refractivity contribution < 1.29 is 57.5 Å². The molecule has 0 radical (unpaired) electrons. The Kier molecular flexibility index (Phi) is 7.70. The molecule has 12 nitrogen and oxygen atoms in total. The number of carbonyl (C=O) groups is 5. The van der Waals surface area contributed by atoms with Crippen molar-refractivity contribution in [2.75, 3.05) is 7.11 Å². The van der Waals surface area contributed by atoms with E-state index in [9.17, 15) is 29.1 Å². The molecule has 1 heterocycles. The SMILES string of the molecule is C=C(C)C(=O)OC1(O)O[C@H](C)[C@@H](OC(C)=O)[C@@](OC(C)=O)(C(=O)OC)[C@H]1OC(C)=O. The van der Waals surface area contributed by atoms with Crippen molar-refractivity contribution >= 4 is 29.8 Å². The predicted octanol–water partition coefficient (Wildman–Crippen LogP) is -0.491. The topological polar surface area (TPSA) is 161 Å². The van der Waals surface area contributed by atoms with Gasteiger partial charge in [0.2, 0.25) is 6.10 Å². The standard InChI is InChI=1S/C18H24O12/c1-8(2)14(22)30-18(24)15(27-11(5)20)17(16(23)25-7,29-12(6)21)13(9(3)28-18)26-10(4)19/h9,13,15,24H,1H2,2-7H3/t9-,13-,15-,17+,18?/m1/s1. The van der Waals surface area contributed by atoms with E-state index in [4.69, 9.17) is 23.7 Å². The van der Waals surface area contributed by atoms with Gasteiger partial charge in [0.25, 0.3) is 5.60 Å². The average Bonchev–Trinajstić information content (AvgIpc) is 2.59. The molecule has 0 aromatic rings. The van der Waals surface area contributed by atoms with Crippen LogP contribution in [0.4, 0.5) is 0 Å². The van der Waals surface area contributed by atoms with Crippen LogP contribution in [0.15, 0.2) is 12.2 Å². The van der Waals surface area contributed by atoms with Gasteiger partial charge in [-0.25, -0.2) is 9.59 Å². The molecule has 30 heavy (non-hydrogen) atoms. The highest BCUT2D eigenvalue weighted by Gasteiger charge is 2.74. The summed E-state index contributed by atoms with van der Waals surface area (Å²) in [6.07, 6.45) is -5.54. The molecular weight excluding hydrogens is 408 g/mol. The molecule has 1 saturated heterocycles. The van der Waals surface area contributed by atoms with Crippen LogP contribution in [0.1, 0.15) is 34.6 Å². The number of methoxy groups -OCH3 is 1. The van der Waals surface area contributed by atoms with Gasteiger partial charge in [0.15, 0.2) is 6.10 Å². The molecule has 0 aliphatic carbocycles. The van der Waals surface area contributed by atoms with Crippen molar-refractivity contribution in [3.05, 3.63) is 12.2 Å². The largest absolute Gasteiger partial charge is 0.466 e. The maximum absolute atomic E-state index is 12.9. The monoisotopic (exact) mass is 432 g/mol. The van der Waals surface area contributed by atoms with Crippen molar-refractivity contribution in [2.45, 2.75) is 64.5 Å². The maximum Gasteiger partial charge on any atom is 0.371 e. The van der Waals surface area contributed by atoms with Gasteiger partial charge in [-0.1, -0.05) is 6.58 Å². The number of esters is 5. The first-order valence-electron chi connectivity index (χ1n) is 8.62. The van der Waals surface area contributed by atoms with Crippen LogP contribution >= 0.6 is 0 Å². The molecule has 1 aliphatic heterocycles. The molecule has 0 bridgehead atoms. The normalized spacial score (nSPS) is 30.4. The van der Waals surface area contributed by atoms with E-state index < -0.39 is 59.7 Å². The molecule has 168 valence electrons. The van der Waals surface area contributed by atoms with Gasteiger partial charge < -0.3 is 33.5 Å². The van der Waals surface area contributed by atoms with Gasteiger partial charge in [-0.05, 0) is 13.8 Å². The first kappa shape index (κ1) is 25.0. The summed E-state index contributed by atoms with van der Waals surface area (Å²) in [5, 5.41) is 11.0. The van der Waals surface area contributed by atoms with E-state index in [0.29, 0.717) is 0 Å². The predicted molar refractivity (Wildman–Crippen MR) is 94.0 cm³/mol. The number of ether oxygens (including phenoxy) is 6. The molecule has 1 N–H and O–H groups in total. The minimum absolute atomic E-state index is 0.181. The number of carbonyl (C=O) groups excluding carboxylic acids is 5. The molecule has 1 fully saturated rings. The number of aliphatic hydroxyl groups is 1. The van der Waals surface area contributed by atoms with Crippen molar-refractivity contribution in [1.29, 1.82) is 0 Å². The van der Waals surface area contributed by atoms with E-state index in [0.717, 1.165) is 27.9 Å². The molecule has 1 aliphatic rings. The van der Waals surface area contributed by atoms with Crippen LogP contribution in [0.25, 0.3) is 0 Å². The van der Waals surface area contributed by atoms with Crippen molar-refractivity contribution in [3.8, 4) is 0 Å². The first-order valence-corrected chi connectivity index (χ1v) is 8.62.